The molecule has 3 rings (SSSR count). The summed E-state index contributed by atoms with van der Waals surface area (Å²) in [6.45, 7) is 2.27. The van der Waals surface area contributed by atoms with Gasteiger partial charge < -0.3 is 10.8 Å². The van der Waals surface area contributed by atoms with Crippen LogP contribution < -0.4 is 5.73 Å². The SMILES string of the molecule is CC1CCC(/C([OH2+])=C2\C=C(c3ccnc(N)n3)C=CC2=N)CC1. The number of nitrogens with zero attached hydrogens (tertiary/aromatic N) is 2. The van der Waals surface area contributed by atoms with E-state index in [1.807, 2.05) is 12.2 Å². The molecule has 2 aliphatic rings. The monoisotopic (exact) mass is 311 g/mol. The van der Waals surface area contributed by atoms with Crippen LogP contribution in [0.25, 0.3) is 5.57 Å². The summed E-state index contributed by atoms with van der Waals surface area (Å²) in [7, 11) is 0. The van der Waals surface area contributed by atoms with Crippen molar-refractivity contribution in [2.45, 2.75) is 32.6 Å². The van der Waals surface area contributed by atoms with Gasteiger partial charge in [-0.25, -0.2) is 9.97 Å². The maximum Gasteiger partial charge on any atom is 0.241 e. The maximum absolute atomic E-state index is 8.55. The van der Waals surface area contributed by atoms with Crippen LogP contribution in [0.4, 0.5) is 5.95 Å². The molecule has 0 aliphatic heterocycles. The van der Waals surface area contributed by atoms with Crippen molar-refractivity contribution in [1.29, 1.82) is 5.41 Å². The zero-order valence-electron chi connectivity index (χ0n) is 13.3. The molecule has 5 heteroatoms. The zero-order chi connectivity index (χ0) is 16.4. The molecular weight excluding hydrogens is 288 g/mol. The first-order chi connectivity index (χ1) is 11.0. The number of rotatable bonds is 2. The lowest BCUT2D eigenvalue weighted by Crippen LogP contribution is -2.17. The largest absolute Gasteiger partial charge is 0.596 e. The van der Waals surface area contributed by atoms with Crippen LogP contribution in [0.2, 0.25) is 0 Å². The van der Waals surface area contributed by atoms with E-state index in [0.717, 1.165) is 30.0 Å². The van der Waals surface area contributed by atoms with Gasteiger partial charge in [0.25, 0.3) is 0 Å². The van der Waals surface area contributed by atoms with Gasteiger partial charge in [0.1, 0.15) is 0 Å². The minimum Gasteiger partial charge on any atom is -0.596 e. The quantitative estimate of drug-likeness (QED) is 0.649. The van der Waals surface area contributed by atoms with Gasteiger partial charge in [-0.1, -0.05) is 13.0 Å². The predicted octanol–water partition coefficient (Wildman–Crippen LogP) is 2.84. The van der Waals surface area contributed by atoms with Crippen molar-refractivity contribution in [3.63, 3.8) is 0 Å². The first-order valence-electron chi connectivity index (χ1n) is 8.08. The highest BCUT2D eigenvalue weighted by Crippen LogP contribution is 2.35. The van der Waals surface area contributed by atoms with Crippen molar-refractivity contribution >= 4 is 17.2 Å². The number of nitrogens with two attached hydrogens (primary N) is 1. The summed E-state index contributed by atoms with van der Waals surface area (Å²) in [6, 6.07) is 1.80. The molecule has 1 fully saturated rings. The molecule has 2 aliphatic carbocycles. The Hall–Kier alpha value is -2.43. The van der Waals surface area contributed by atoms with Gasteiger partial charge in [0, 0.05) is 11.8 Å². The first-order valence-corrected chi connectivity index (χ1v) is 8.08. The predicted molar refractivity (Wildman–Crippen MR) is 93.0 cm³/mol. The summed E-state index contributed by atoms with van der Waals surface area (Å²) in [4.78, 5) is 8.14. The lowest BCUT2D eigenvalue weighted by molar-refractivity contribution is 0.242. The zero-order valence-corrected chi connectivity index (χ0v) is 13.3. The second kappa shape index (κ2) is 6.36. The van der Waals surface area contributed by atoms with E-state index in [4.69, 9.17) is 16.2 Å². The summed E-state index contributed by atoms with van der Waals surface area (Å²) in [5.41, 5.74) is 8.36. The molecule has 0 amide bonds. The van der Waals surface area contributed by atoms with Crippen molar-refractivity contribution in [3.05, 3.63) is 47.5 Å². The Labute approximate surface area is 136 Å². The van der Waals surface area contributed by atoms with Crippen LogP contribution in [-0.4, -0.2) is 20.8 Å². The lowest BCUT2D eigenvalue weighted by Gasteiger charge is -2.24. The van der Waals surface area contributed by atoms with Crippen LogP contribution >= 0.6 is 0 Å². The summed E-state index contributed by atoms with van der Waals surface area (Å²) in [5, 5.41) is 16.7. The van der Waals surface area contributed by atoms with Crippen molar-refractivity contribution in [2.24, 2.45) is 11.8 Å². The number of anilines is 1. The molecule has 0 radical (unpaired) electrons. The Morgan fingerprint density at radius 3 is 2.70 bits per heavy atom. The third-order valence-corrected chi connectivity index (χ3v) is 4.70. The van der Waals surface area contributed by atoms with Crippen LogP contribution in [0.1, 0.15) is 38.3 Å². The summed E-state index contributed by atoms with van der Waals surface area (Å²) in [6.07, 6.45) is 11.5. The smallest absolute Gasteiger partial charge is 0.241 e. The van der Waals surface area contributed by atoms with Gasteiger partial charge in [-0.2, -0.15) is 0 Å². The van der Waals surface area contributed by atoms with E-state index < -0.39 is 0 Å². The fourth-order valence-corrected chi connectivity index (χ4v) is 3.23. The van der Waals surface area contributed by atoms with Crippen molar-refractivity contribution in [2.75, 3.05) is 5.73 Å². The molecule has 120 valence electrons. The molecular formula is C18H23N4O+. The average Bonchev–Trinajstić information content (AvgIpc) is 2.55. The Bertz CT molecular complexity index is 709. The van der Waals surface area contributed by atoms with E-state index in [1.165, 1.54) is 12.8 Å². The van der Waals surface area contributed by atoms with Gasteiger partial charge in [0.15, 0.2) is 0 Å². The number of hydrogen-bond acceptors (Lipinski definition) is 4. The molecule has 0 atom stereocenters. The van der Waals surface area contributed by atoms with Gasteiger partial charge >= 0.3 is 0 Å². The standard InChI is InChI=1S/C18H22N4O/c1-11-2-4-12(5-3-11)17(23)14-10-13(6-7-15(14)19)16-8-9-21-18(20)22-16/h6-12,19,23H,2-5H2,1H3,(H2,20,21,22)/p+1/b17-14-,19-15?. The number of nitrogen functional groups attached to an aromatic ring is 1. The van der Waals surface area contributed by atoms with E-state index in [0.29, 0.717) is 17.0 Å². The average molecular weight is 311 g/mol. The molecule has 1 saturated carbocycles. The second-order valence-corrected chi connectivity index (χ2v) is 6.43. The Morgan fingerprint density at radius 2 is 2.00 bits per heavy atom. The van der Waals surface area contributed by atoms with Crippen LogP contribution in [0.3, 0.4) is 0 Å². The highest BCUT2D eigenvalue weighted by molar-refractivity contribution is 6.13. The number of hydrogen-bond donors (Lipinski definition) is 2. The van der Waals surface area contributed by atoms with Crippen LogP contribution in [-0.2, 0) is 0 Å². The number of aromatic nitrogens is 2. The van der Waals surface area contributed by atoms with Gasteiger partial charge in [-0.15, -0.1) is 0 Å². The first kappa shape index (κ1) is 15.5. The van der Waals surface area contributed by atoms with E-state index in [9.17, 15) is 0 Å². The van der Waals surface area contributed by atoms with Crippen LogP contribution in [0, 0.1) is 17.2 Å². The third kappa shape index (κ3) is 3.33. The van der Waals surface area contributed by atoms with Gasteiger partial charge in [0.2, 0.25) is 11.7 Å². The molecule has 0 unspecified atom stereocenters. The molecule has 1 aromatic heterocycles. The number of nitrogens with one attached hydrogen (secondary N) is 1. The highest BCUT2D eigenvalue weighted by Gasteiger charge is 2.28. The molecule has 5 nitrogen and oxygen atoms in total. The molecule has 23 heavy (non-hydrogen) atoms. The molecule has 0 saturated heterocycles. The van der Waals surface area contributed by atoms with Gasteiger partial charge in [-0.05, 0) is 49.8 Å². The van der Waals surface area contributed by atoms with Crippen molar-refractivity contribution in [3.8, 4) is 0 Å². The number of allylic oxidation sites excluding steroid dienone is 6. The normalized spacial score (nSPS) is 26.8. The second-order valence-electron chi connectivity index (χ2n) is 6.43. The van der Waals surface area contributed by atoms with E-state index in [2.05, 4.69) is 16.9 Å². The van der Waals surface area contributed by atoms with Gasteiger partial charge in [0.05, 0.1) is 22.9 Å². The van der Waals surface area contributed by atoms with Crippen molar-refractivity contribution < 1.29 is 5.11 Å². The third-order valence-electron chi connectivity index (χ3n) is 4.70. The fourth-order valence-electron chi connectivity index (χ4n) is 3.23. The topological polar surface area (TPSA) is 98.6 Å². The van der Waals surface area contributed by atoms with Crippen molar-refractivity contribution in [1.82, 2.24) is 9.97 Å². The van der Waals surface area contributed by atoms with Crippen LogP contribution in [0.5, 0.6) is 0 Å². The minimum absolute atomic E-state index is 0.232. The molecule has 0 bridgehead atoms. The lowest BCUT2D eigenvalue weighted by atomic mass is 9.80. The Kier molecular flexibility index (Phi) is 4.28. The summed E-state index contributed by atoms with van der Waals surface area (Å²) >= 11 is 0. The van der Waals surface area contributed by atoms with E-state index in [-0.39, 0.29) is 11.9 Å². The fraction of sp³-hybridized carbons (Fsp3) is 0.389. The summed E-state index contributed by atoms with van der Waals surface area (Å²) < 4.78 is 0. The summed E-state index contributed by atoms with van der Waals surface area (Å²) in [5.74, 6) is 1.84. The Balaban J connectivity index is 1.93. The molecule has 5 N–H and O–H groups in total. The minimum atomic E-state index is 0.232. The molecule has 1 aromatic rings. The molecule has 0 aromatic carbocycles. The Morgan fingerprint density at radius 1 is 1.26 bits per heavy atom. The molecule has 1 heterocycles. The van der Waals surface area contributed by atoms with Gasteiger partial charge in [-0.3, -0.25) is 5.41 Å². The maximum atomic E-state index is 8.55. The van der Waals surface area contributed by atoms with Crippen LogP contribution in [0.15, 0.2) is 41.8 Å². The molecule has 0 spiro atoms. The van der Waals surface area contributed by atoms with E-state index >= 15 is 0 Å². The highest BCUT2D eigenvalue weighted by atomic mass is 16.3. The van der Waals surface area contributed by atoms with E-state index in [1.54, 1.807) is 18.3 Å².